The highest BCUT2D eigenvalue weighted by Gasteiger charge is 2.36. The second kappa shape index (κ2) is 7.79. The van der Waals surface area contributed by atoms with E-state index in [-0.39, 0.29) is 29.6 Å². The molecule has 1 saturated carbocycles. The number of pyridine rings is 1. The predicted molar refractivity (Wildman–Crippen MR) is 119 cm³/mol. The maximum absolute atomic E-state index is 15.6. The van der Waals surface area contributed by atoms with E-state index in [2.05, 4.69) is 11.0 Å². The van der Waals surface area contributed by atoms with Gasteiger partial charge in [0.15, 0.2) is 0 Å². The van der Waals surface area contributed by atoms with Crippen molar-refractivity contribution in [3.8, 4) is 0 Å². The topological polar surface area (TPSA) is 77.6 Å². The van der Waals surface area contributed by atoms with Gasteiger partial charge < -0.3 is 19.9 Å². The molecule has 0 spiro atoms. The maximum Gasteiger partial charge on any atom is 0.343 e. The molecule has 7 heteroatoms. The molecule has 5 rings (SSSR count). The van der Waals surface area contributed by atoms with Crippen molar-refractivity contribution < 1.29 is 13.9 Å². The Morgan fingerprint density at radius 1 is 1.29 bits per heavy atom. The van der Waals surface area contributed by atoms with E-state index >= 15 is 4.39 Å². The lowest BCUT2D eigenvalue weighted by molar-refractivity contribution is 0.0524. The number of rotatable bonds is 4. The van der Waals surface area contributed by atoms with Crippen molar-refractivity contribution in [1.29, 1.82) is 0 Å². The van der Waals surface area contributed by atoms with Crippen molar-refractivity contribution in [3.63, 3.8) is 0 Å². The lowest BCUT2D eigenvalue weighted by Crippen LogP contribution is -2.32. The fourth-order valence-electron chi connectivity index (χ4n) is 5.17. The van der Waals surface area contributed by atoms with Gasteiger partial charge in [-0.2, -0.15) is 0 Å². The van der Waals surface area contributed by atoms with Crippen LogP contribution < -0.4 is 16.1 Å². The molecular weight excluding hydrogens is 397 g/mol. The minimum atomic E-state index is -0.656. The normalized spacial score (nSPS) is 23.8. The van der Waals surface area contributed by atoms with Gasteiger partial charge in [0.1, 0.15) is 11.4 Å². The third-order valence-electron chi connectivity index (χ3n) is 6.79. The van der Waals surface area contributed by atoms with Gasteiger partial charge in [0.2, 0.25) is 5.43 Å². The zero-order valence-electron chi connectivity index (χ0n) is 17.8. The molecule has 31 heavy (non-hydrogen) atoms. The number of esters is 1. The summed E-state index contributed by atoms with van der Waals surface area (Å²) in [5.41, 5.74) is 7.45. The van der Waals surface area contributed by atoms with Gasteiger partial charge in [-0.05, 0) is 57.6 Å². The largest absolute Gasteiger partial charge is 0.462 e. The molecule has 1 aromatic carbocycles. The minimum absolute atomic E-state index is 0.0299. The van der Waals surface area contributed by atoms with Crippen LogP contribution >= 0.6 is 0 Å². The lowest BCUT2D eigenvalue weighted by Gasteiger charge is -2.31. The van der Waals surface area contributed by atoms with E-state index in [4.69, 9.17) is 10.5 Å². The van der Waals surface area contributed by atoms with E-state index in [1.54, 1.807) is 13.1 Å². The van der Waals surface area contributed by atoms with E-state index in [9.17, 15) is 9.59 Å². The van der Waals surface area contributed by atoms with Crippen LogP contribution in [0, 0.1) is 11.7 Å². The SMILES string of the molecule is CCOC(=O)c1cn(C2CC2)c2c3c(c(F)cc2c1=O)N1C[C@H](CN)CC1CC/C=C\3. The van der Waals surface area contributed by atoms with Crippen LogP contribution in [0.3, 0.4) is 0 Å². The molecule has 3 aliphatic rings. The molecule has 6 nitrogen and oxygen atoms in total. The van der Waals surface area contributed by atoms with Gasteiger partial charge in [-0.1, -0.05) is 12.2 Å². The molecule has 2 N–H and O–H groups in total. The highest BCUT2D eigenvalue weighted by molar-refractivity contribution is 5.99. The van der Waals surface area contributed by atoms with Crippen molar-refractivity contribution in [2.75, 3.05) is 24.6 Å². The van der Waals surface area contributed by atoms with Crippen LogP contribution in [-0.2, 0) is 4.74 Å². The standard InChI is InChI=1S/C24H28FN3O3/c1-2-31-24(30)19-13-28(15-7-8-15)21-17-6-4-3-5-16-9-14(11-26)12-27(16)22(17)20(25)10-18(21)23(19)29/h4,6,10,13-16H,2-3,5,7-9,11-12,26H2,1H3/b6-4-/t14-,16?/m0/s1. The van der Waals surface area contributed by atoms with E-state index < -0.39 is 17.2 Å². The van der Waals surface area contributed by atoms with Gasteiger partial charge in [0.05, 0.1) is 23.2 Å². The number of hydrogen-bond acceptors (Lipinski definition) is 5. The Kier molecular flexibility index (Phi) is 5.08. The molecule has 0 radical (unpaired) electrons. The summed E-state index contributed by atoms with van der Waals surface area (Å²) >= 11 is 0. The third-order valence-corrected chi connectivity index (χ3v) is 6.79. The van der Waals surface area contributed by atoms with Crippen LogP contribution in [-0.4, -0.2) is 36.3 Å². The number of carbonyl (C=O) groups is 1. The number of carbonyl (C=O) groups excluding carboxylic acids is 1. The quantitative estimate of drug-likeness (QED) is 0.758. The zero-order chi connectivity index (χ0) is 21.7. The fourth-order valence-corrected chi connectivity index (χ4v) is 5.17. The van der Waals surface area contributed by atoms with Crippen molar-refractivity contribution in [3.05, 3.63) is 45.5 Å². The van der Waals surface area contributed by atoms with Crippen molar-refractivity contribution in [2.24, 2.45) is 11.7 Å². The number of fused-ring (bicyclic) bond motifs is 5. The second-order valence-electron chi connectivity index (χ2n) is 8.87. The summed E-state index contributed by atoms with van der Waals surface area (Å²) in [6.45, 7) is 3.19. The van der Waals surface area contributed by atoms with E-state index in [0.717, 1.165) is 44.2 Å². The molecular formula is C24H28FN3O3. The zero-order valence-corrected chi connectivity index (χ0v) is 17.8. The molecule has 2 fully saturated rings. The minimum Gasteiger partial charge on any atom is -0.462 e. The highest BCUT2D eigenvalue weighted by atomic mass is 19.1. The van der Waals surface area contributed by atoms with Gasteiger partial charge in [-0.3, -0.25) is 4.79 Å². The van der Waals surface area contributed by atoms with Gasteiger partial charge >= 0.3 is 5.97 Å². The Labute approximate surface area is 180 Å². The van der Waals surface area contributed by atoms with E-state index in [1.807, 2.05) is 10.6 Å². The van der Waals surface area contributed by atoms with Crippen LogP contribution in [0.1, 0.15) is 61.0 Å². The number of nitrogens with two attached hydrogens (primary N) is 1. The first kappa shape index (κ1) is 20.2. The van der Waals surface area contributed by atoms with Gasteiger partial charge in [-0.25, -0.2) is 9.18 Å². The molecule has 0 amide bonds. The first-order chi connectivity index (χ1) is 15.0. The molecule has 2 aliphatic heterocycles. The smallest absolute Gasteiger partial charge is 0.343 e. The number of benzene rings is 1. The van der Waals surface area contributed by atoms with Gasteiger partial charge in [0, 0.05) is 30.4 Å². The molecule has 0 bridgehead atoms. The third kappa shape index (κ3) is 3.35. The first-order valence-electron chi connectivity index (χ1n) is 11.2. The summed E-state index contributed by atoms with van der Waals surface area (Å²) < 4.78 is 22.7. The first-order valence-corrected chi connectivity index (χ1v) is 11.2. The van der Waals surface area contributed by atoms with Crippen LogP contribution in [0.5, 0.6) is 0 Å². The molecule has 1 aromatic heterocycles. The molecule has 1 saturated heterocycles. The predicted octanol–water partition coefficient (Wildman–Crippen LogP) is 3.61. The molecule has 1 unspecified atom stereocenters. The summed E-state index contributed by atoms with van der Waals surface area (Å²) in [5.74, 6) is -0.739. The van der Waals surface area contributed by atoms with Crippen LogP contribution in [0.2, 0.25) is 0 Å². The lowest BCUT2D eigenvalue weighted by atomic mass is 9.98. The van der Waals surface area contributed by atoms with Gasteiger partial charge in [0.25, 0.3) is 0 Å². The number of aromatic nitrogens is 1. The monoisotopic (exact) mass is 425 g/mol. The average molecular weight is 426 g/mol. The molecule has 2 aromatic rings. The number of ether oxygens (including phenoxy) is 1. The number of hydrogen-bond donors (Lipinski definition) is 1. The van der Waals surface area contributed by atoms with Crippen molar-refractivity contribution in [2.45, 2.75) is 51.1 Å². The Hall–Kier alpha value is -2.67. The molecule has 164 valence electrons. The second-order valence-corrected chi connectivity index (χ2v) is 8.87. The number of allylic oxidation sites excluding steroid dienone is 1. The Balaban J connectivity index is 1.79. The summed E-state index contributed by atoms with van der Waals surface area (Å²) in [4.78, 5) is 27.8. The average Bonchev–Trinajstić information content (AvgIpc) is 3.51. The number of halogens is 1. The molecule has 1 aliphatic carbocycles. The number of nitrogens with zero attached hydrogens (tertiary/aromatic N) is 2. The summed E-state index contributed by atoms with van der Waals surface area (Å²) in [6, 6.07) is 1.76. The Bertz CT molecular complexity index is 1140. The summed E-state index contributed by atoms with van der Waals surface area (Å²) in [5, 5.41) is 0.241. The van der Waals surface area contributed by atoms with Crippen LogP contribution in [0.25, 0.3) is 17.0 Å². The van der Waals surface area contributed by atoms with Crippen LogP contribution in [0.4, 0.5) is 10.1 Å². The summed E-state index contributed by atoms with van der Waals surface area (Å²) in [6.07, 6.45) is 10.4. The van der Waals surface area contributed by atoms with E-state index in [0.29, 0.717) is 23.7 Å². The molecule has 3 heterocycles. The fraction of sp³-hybridized carbons (Fsp3) is 0.500. The van der Waals surface area contributed by atoms with E-state index in [1.165, 1.54) is 6.07 Å². The number of anilines is 1. The Morgan fingerprint density at radius 3 is 2.81 bits per heavy atom. The van der Waals surface area contributed by atoms with Gasteiger partial charge in [-0.15, -0.1) is 0 Å². The maximum atomic E-state index is 15.6. The van der Waals surface area contributed by atoms with Crippen molar-refractivity contribution >= 4 is 28.6 Å². The Morgan fingerprint density at radius 2 is 2.10 bits per heavy atom. The van der Waals surface area contributed by atoms with Crippen molar-refractivity contribution in [1.82, 2.24) is 4.57 Å². The van der Waals surface area contributed by atoms with Crippen LogP contribution in [0.15, 0.2) is 23.1 Å². The highest BCUT2D eigenvalue weighted by Crippen LogP contribution is 2.43. The molecule has 2 atom stereocenters. The summed E-state index contributed by atoms with van der Waals surface area (Å²) in [7, 11) is 0.